The average molecular weight is 516 g/mol. The third-order valence-corrected chi connectivity index (χ3v) is 9.06. The smallest absolute Gasteiger partial charge is 0.368 e. The molecule has 0 spiro atoms. The number of anilines is 1. The standard InChI is InChI=1S/C18H18ClF4N3O4S2/c1-10-9-25(13-3-2-11(20)8-12(13)19)6-7-26(10)32(29,30)15-5-4-14(31-15)17(28,16(24)27)18(21,22)23/h2-5,8,10,28H,6-7,9H2,1H3,(H2,24,27). The minimum atomic E-state index is -5.43. The lowest BCUT2D eigenvalue weighted by molar-refractivity contribution is -0.254. The van der Waals surface area contributed by atoms with Crippen molar-refractivity contribution in [1.82, 2.24) is 4.31 Å². The number of sulfonamides is 1. The quantitative estimate of drug-likeness (QED) is 0.596. The molecule has 176 valence electrons. The number of alkyl halides is 3. The number of nitrogens with zero attached hydrogens (tertiary/aromatic N) is 2. The van der Waals surface area contributed by atoms with E-state index in [1.165, 1.54) is 12.1 Å². The molecule has 7 nitrogen and oxygen atoms in total. The monoisotopic (exact) mass is 515 g/mol. The van der Waals surface area contributed by atoms with Gasteiger partial charge in [0.05, 0.1) is 15.6 Å². The second-order valence-corrected chi connectivity index (χ2v) is 10.8. The Hall–Kier alpha value is -1.93. The fourth-order valence-corrected chi connectivity index (χ4v) is 6.88. The third-order valence-electron chi connectivity index (χ3n) is 5.08. The number of hydrogen-bond donors (Lipinski definition) is 2. The van der Waals surface area contributed by atoms with Crippen molar-refractivity contribution in [3.8, 4) is 0 Å². The molecule has 1 aliphatic rings. The van der Waals surface area contributed by atoms with Crippen molar-refractivity contribution in [1.29, 1.82) is 0 Å². The van der Waals surface area contributed by atoms with Crippen molar-refractivity contribution >= 4 is 44.6 Å². The molecule has 0 saturated carbocycles. The van der Waals surface area contributed by atoms with E-state index in [2.05, 4.69) is 0 Å². The van der Waals surface area contributed by atoms with Gasteiger partial charge in [-0.25, -0.2) is 12.8 Å². The first-order valence-corrected chi connectivity index (χ1v) is 11.7. The van der Waals surface area contributed by atoms with Crippen LogP contribution >= 0.6 is 22.9 Å². The Bertz CT molecular complexity index is 1140. The maximum Gasteiger partial charge on any atom is 0.431 e. The van der Waals surface area contributed by atoms with Gasteiger partial charge in [0.15, 0.2) is 0 Å². The molecular formula is C18H18ClF4N3O4S2. The number of hydrogen-bond acceptors (Lipinski definition) is 6. The summed E-state index contributed by atoms with van der Waals surface area (Å²) in [5.74, 6) is -2.58. The van der Waals surface area contributed by atoms with Crippen LogP contribution in [0.2, 0.25) is 5.02 Å². The van der Waals surface area contributed by atoms with Crippen molar-refractivity contribution in [2.24, 2.45) is 5.73 Å². The summed E-state index contributed by atoms with van der Waals surface area (Å²) in [6.45, 7) is 1.96. The first-order valence-electron chi connectivity index (χ1n) is 9.10. The Kier molecular flexibility index (Phi) is 6.52. The van der Waals surface area contributed by atoms with Crippen molar-refractivity contribution < 1.29 is 35.9 Å². The topological polar surface area (TPSA) is 104 Å². The normalized spacial score (nSPS) is 20.2. The van der Waals surface area contributed by atoms with Gasteiger partial charge in [0.25, 0.3) is 21.5 Å². The van der Waals surface area contributed by atoms with E-state index in [0.29, 0.717) is 5.69 Å². The summed E-state index contributed by atoms with van der Waals surface area (Å²) in [5, 5.41) is 10.1. The number of halogens is 5. The molecule has 3 N–H and O–H groups in total. The summed E-state index contributed by atoms with van der Waals surface area (Å²) in [6, 6.07) is 4.83. The highest BCUT2D eigenvalue weighted by molar-refractivity contribution is 7.91. The van der Waals surface area contributed by atoms with Crippen molar-refractivity contribution in [2.75, 3.05) is 24.5 Å². The summed E-state index contributed by atoms with van der Waals surface area (Å²) >= 11 is 6.20. The van der Waals surface area contributed by atoms with Crippen LogP contribution in [0, 0.1) is 5.82 Å². The molecule has 2 atom stereocenters. The van der Waals surface area contributed by atoms with Gasteiger partial charge < -0.3 is 15.7 Å². The van der Waals surface area contributed by atoms with E-state index in [1.54, 1.807) is 11.8 Å². The number of primary amides is 1. The molecule has 1 aromatic carbocycles. The van der Waals surface area contributed by atoms with E-state index in [-0.39, 0.29) is 36.0 Å². The van der Waals surface area contributed by atoms with Crippen LogP contribution in [0.25, 0.3) is 0 Å². The van der Waals surface area contributed by atoms with E-state index in [0.717, 1.165) is 22.5 Å². The minimum absolute atomic E-state index is 0.0240. The zero-order chi connectivity index (χ0) is 24.1. The van der Waals surface area contributed by atoms with Crippen LogP contribution in [0.3, 0.4) is 0 Å². The molecule has 1 fully saturated rings. The molecule has 14 heteroatoms. The molecule has 2 unspecified atom stereocenters. The van der Waals surface area contributed by atoms with Crippen LogP contribution < -0.4 is 10.6 Å². The van der Waals surface area contributed by atoms with Crippen molar-refractivity contribution in [2.45, 2.75) is 29.0 Å². The molecule has 1 saturated heterocycles. The predicted molar refractivity (Wildman–Crippen MR) is 110 cm³/mol. The number of aliphatic hydroxyl groups is 1. The van der Waals surface area contributed by atoms with E-state index in [9.17, 15) is 35.9 Å². The maximum absolute atomic E-state index is 13.3. The highest BCUT2D eigenvalue weighted by Gasteiger charge is 2.61. The van der Waals surface area contributed by atoms with E-state index >= 15 is 0 Å². The molecule has 2 heterocycles. The Morgan fingerprint density at radius 1 is 1.25 bits per heavy atom. The lowest BCUT2D eigenvalue weighted by Crippen LogP contribution is -2.54. The zero-order valence-corrected chi connectivity index (χ0v) is 18.8. The van der Waals surface area contributed by atoms with E-state index in [4.69, 9.17) is 17.3 Å². The molecule has 3 rings (SSSR count). The molecule has 0 radical (unpaired) electrons. The Morgan fingerprint density at radius 2 is 1.91 bits per heavy atom. The Labute approximate surface area is 190 Å². The molecule has 0 aliphatic carbocycles. The SMILES string of the molecule is CC1CN(c2ccc(F)cc2Cl)CCN1S(=O)(=O)c1ccc(C(O)(C(N)=O)C(F)(F)F)s1. The van der Waals surface area contributed by atoms with Gasteiger partial charge in [0, 0.05) is 25.7 Å². The zero-order valence-electron chi connectivity index (χ0n) is 16.4. The van der Waals surface area contributed by atoms with Crippen LogP contribution in [-0.2, 0) is 20.4 Å². The number of nitrogens with two attached hydrogens (primary N) is 1. The number of amides is 1. The van der Waals surface area contributed by atoms with Crippen LogP contribution in [0.1, 0.15) is 11.8 Å². The van der Waals surface area contributed by atoms with Gasteiger partial charge in [-0.05, 0) is 37.3 Å². The van der Waals surface area contributed by atoms with E-state index in [1.807, 2.05) is 0 Å². The number of rotatable bonds is 5. The summed E-state index contributed by atoms with van der Waals surface area (Å²) in [6.07, 6.45) is -5.43. The highest BCUT2D eigenvalue weighted by Crippen LogP contribution is 2.43. The first kappa shape index (κ1) is 24.7. The van der Waals surface area contributed by atoms with Gasteiger partial charge in [0.2, 0.25) is 0 Å². The molecule has 1 aromatic heterocycles. The average Bonchev–Trinajstić information content (AvgIpc) is 3.17. The maximum atomic E-state index is 13.3. The van der Waals surface area contributed by atoms with Gasteiger partial charge in [0.1, 0.15) is 10.0 Å². The molecular weight excluding hydrogens is 498 g/mol. The minimum Gasteiger partial charge on any atom is -0.368 e. The molecule has 32 heavy (non-hydrogen) atoms. The largest absolute Gasteiger partial charge is 0.431 e. The molecule has 2 aromatic rings. The lowest BCUT2D eigenvalue weighted by atomic mass is 10.0. The number of piperazine rings is 1. The molecule has 1 aliphatic heterocycles. The van der Waals surface area contributed by atoms with Gasteiger partial charge in [-0.3, -0.25) is 4.79 Å². The Balaban J connectivity index is 1.86. The number of carbonyl (C=O) groups is 1. The predicted octanol–water partition coefficient (Wildman–Crippen LogP) is 2.68. The molecule has 0 bridgehead atoms. The highest BCUT2D eigenvalue weighted by atomic mass is 35.5. The van der Waals surface area contributed by atoms with Crippen LogP contribution in [0.4, 0.5) is 23.2 Å². The summed E-state index contributed by atoms with van der Waals surface area (Å²) in [5.41, 5.74) is 1.28. The van der Waals surface area contributed by atoms with Gasteiger partial charge in [-0.2, -0.15) is 17.5 Å². The van der Waals surface area contributed by atoms with Crippen LogP contribution in [0.5, 0.6) is 0 Å². The van der Waals surface area contributed by atoms with Gasteiger partial charge in [-0.15, -0.1) is 11.3 Å². The van der Waals surface area contributed by atoms with Crippen LogP contribution in [0.15, 0.2) is 34.5 Å². The second kappa shape index (κ2) is 8.45. The van der Waals surface area contributed by atoms with E-state index < -0.39 is 48.7 Å². The fourth-order valence-electron chi connectivity index (χ4n) is 3.42. The molecule has 1 amide bonds. The fraction of sp³-hybridized carbons (Fsp3) is 0.389. The van der Waals surface area contributed by atoms with Gasteiger partial charge in [-0.1, -0.05) is 11.6 Å². The summed E-state index contributed by atoms with van der Waals surface area (Å²) in [4.78, 5) is 12.2. The summed E-state index contributed by atoms with van der Waals surface area (Å²) < 4.78 is 79.9. The second-order valence-electron chi connectivity index (χ2n) is 7.20. The van der Waals surface area contributed by atoms with Crippen molar-refractivity contribution in [3.05, 3.63) is 46.0 Å². The van der Waals surface area contributed by atoms with Crippen molar-refractivity contribution in [3.63, 3.8) is 0 Å². The number of carbonyl (C=O) groups excluding carboxylic acids is 1. The van der Waals surface area contributed by atoms with Gasteiger partial charge >= 0.3 is 6.18 Å². The summed E-state index contributed by atoms with van der Waals surface area (Å²) in [7, 11) is -4.24. The van der Waals surface area contributed by atoms with Crippen LogP contribution in [-0.4, -0.2) is 55.6 Å². The third kappa shape index (κ3) is 4.19. The Morgan fingerprint density at radius 3 is 2.44 bits per heavy atom. The lowest BCUT2D eigenvalue weighted by Gasteiger charge is -2.40. The first-order chi connectivity index (χ1) is 14.7. The number of thiophene rings is 1. The number of benzene rings is 1.